The number of carbonyl (C=O) groups is 4. The minimum absolute atomic E-state index is 0.0107. The number of esters is 4. The van der Waals surface area contributed by atoms with Crippen LogP contribution in [0.2, 0.25) is 0 Å². The van der Waals surface area contributed by atoms with Gasteiger partial charge in [0.05, 0.1) is 35.1 Å². The molecule has 7 rings (SSSR count). The van der Waals surface area contributed by atoms with Gasteiger partial charge in [-0.15, -0.1) is 0 Å². The van der Waals surface area contributed by atoms with E-state index in [4.69, 9.17) is 23.7 Å². The molecule has 0 aromatic carbocycles. The third kappa shape index (κ3) is 5.60. The Morgan fingerprint density at radius 1 is 0.929 bits per heavy atom. The molecule has 4 saturated carbocycles. The highest BCUT2D eigenvalue weighted by atomic mass is 16.7. The summed E-state index contributed by atoms with van der Waals surface area (Å²) < 4.78 is 31.3. The number of rotatable bonds is 8. The molecule has 1 spiro atoms. The maximum absolute atomic E-state index is 13.9. The van der Waals surface area contributed by atoms with Gasteiger partial charge in [-0.3, -0.25) is 19.3 Å². The molecule has 3 heterocycles. The highest BCUT2D eigenvalue weighted by Gasteiger charge is 2.90. The van der Waals surface area contributed by atoms with Crippen molar-refractivity contribution in [3.05, 3.63) is 0 Å². The molecule has 0 amide bonds. The number of fused-ring (bicyclic) bond motifs is 5. The van der Waals surface area contributed by atoms with E-state index in [1.54, 1.807) is 20.8 Å². The summed E-state index contributed by atoms with van der Waals surface area (Å²) in [7, 11) is 0. The Balaban J connectivity index is 1.45. The van der Waals surface area contributed by atoms with E-state index in [9.17, 15) is 44.7 Å². The first-order chi connectivity index (χ1) is 26.0. The number of ether oxygens (including phenoxy) is 5. The van der Waals surface area contributed by atoms with E-state index in [0.29, 0.717) is 31.8 Å². The first kappa shape index (κ1) is 41.7. The molecular weight excluding hydrogens is 730 g/mol. The zero-order chi connectivity index (χ0) is 41.3. The van der Waals surface area contributed by atoms with Crippen LogP contribution in [0.15, 0.2) is 0 Å². The quantitative estimate of drug-likeness (QED) is 0.174. The van der Waals surface area contributed by atoms with E-state index < -0.39 is 124 Å². The van der Waals surface area contributed by atoms with Crippen LogP contribution in [-0.2, 0) is 42.9 Å². The second-order valence-corrected chi connectivity index (χ2v) is 19.2. The van der Waals surface area contributed by atoms with Crippen LogP contribution in [0.5, 0.6) is 0 Å². The molecular formula is C41H63NO14. The lowest BCUT2D eigenvalue weighted by atomic mass is 9.48. The number of piperidine rings is 2. The van der Waals surface area contributed by atoms with Crippen LogP contribution in [0.1, 0.15) is 107 Å². The SMILES string of the molecule is CC[C@@H](C)C(=O)O[C@H]1[C@H](O)[C@H]2[C@@H](CN3C[C@@H](C)CC[C@H]3[C@]2(C)O)[C@@H]2C[C@@]34O[C@@]5(O)[C@@H](OC(=O)[C@](C)(O)CC)CC[C@]3(C)[C@@H]5[C@@H](OC(C)=O)[C@@H](OC(C)=O)[C@H]4[C@]21O. The monoisotopic (exact) mass is 793 g/mol. The smallest absolute Gasteiger partial charge is 0.338 e. The molecule has 7 aliphatic rings. The molecule has 56 heavy (non-hydrogen) atoms. The molecule has 19 atom stereocenters. The fraction of sp³-hybridized carbons (Fsp3) is 0.902. The second kappa shape index (κ2) is 13.6. The lowest BCUT2D eigenvalue weighted by Gasteiger charge is -2.64. The van der Waals surface area contributed by atoms with E-state index in [2.05, 4.69) is 11.8 Å². The first-order valence-electron chi connectivity index (χ1n) is 20.7. The summed E-state index contributed by atoms with van der Waals surface area (Å²) in [6.07, 6.45) is -5.31. The van der Waals surface area contributed by atoms with Crippen LogP contribution in [-0.4, -0.2) is 132 Å². The van der Waals surface area contributed by atoms with Gasteiger partial charge in [-0.2, -0.15) is 0 Å². The van der Waals surface area contributed by atoms with Crippen molar-refractivity contribution in [1.82, 2.24) is 4.90 Å². The molecule has 0 aromatic rings. The van der Waals surface area contributed by atoms with Gasteiger partial charge in [-0.05, 0) is 76.5 Å². The van der Waals surface area contributed by atoms with E-state index in [-0.39, 0.29) is 31.7 Å². The Labute approximate surface area is 328 Å². The third-order valence-corrected chi connectivity index (χ3v) is 16.0. The zero-order valence-corrected chi connectivity index (χ0v) is 34.2. The Bertz CT molecular complexity index is 1620. The number of carbonyl (C=O) groups excluding carboxylic acids is 4. The minimum atomic E-state index is -2.38. The van der Waals surface area contributed by atoms with Crippen LogP contribution in [0.4, 0.5) is 0 Å². The van der Waals surface area contributed by atoms with E-state index in [1.807, 2.05) is 13.8 Å². The predicted octanol–water partition coefficient (Wildman–Crippen LogP) is 1.61. The lowest BCUT2D eigenvalue weighted by Crippen LogP contribution is -2.78. The predicted molar refractivity (Wildman–Crippen MR) is 195 cm³/mol. The van der Waals surface area contributed by atoms with Gasteiger partial charge in [0.25, 0.3) is 0 Å². The molecule has 4 aliphatic carbocycles. The highest BCUT2D eigenvalue weighted by Crippen LogP contribution is 2.78. The summed E-state index contributed by atoms with van der Waals surface area (Å²) in [6.45, 7) is 15.5. The largest absolute Gasteiger partial charge is 0.458 e. The van der Waals surface area contributed by atoms with Gasteiger partial charge in [0.2, 0.25) is 5.79 Å². The number of aliphatic hydroxyl groups is 5. The highest BCUT2D eigenvalue weighted by molar-refractivity contribution is 5.79. The zero-order valence-electron chi connectivity index (χ0n) is 34.2. The average molecular weight is 794 g/mol. The van der Waals surface area contributed by atoms with Crippen molar-refractivity contribution in [2.24, 2.45) is 46.8 Å². The van der Waals surface area contributed by atoms with E-state index in [1.165, 1.54) is 20.8 Å². The number of hydrogen-bond acceptors (Lipinski definition) is 15. The fourth-order valence-corrected chi connectivity index (χ4v) is 13.1. The Hall–Kier alpha value is -2.40. The van der Waals surface area contributed by atoms with Gasteiger partial charge < -0.3 is 49.2 Å². The van der Waals surface area contributed by atoms with Crippen molar-refractivity contribution in [1.29, 1.82) is 0 Å². The van der Waals surface area contributed by atoms with E-state index in [0.717, 1.165) is 6.42 Å². The van der Waals surface area contributed by atoms with Crippen LogP contribution in [0.3, 0.4) is 0 Å². The standard InChI is InChI=1S/C41H63NO14/c1-10-20(4)34(46)55-33-28(45)27-23(18-42-17-19(3)12-13-25(42)38(27,9)49)24-16-39-32(40(24,33)50)30(53-22(6)44)29(52-21(5)43)31-36(39,7)15-14-26(41(31,51)56-39)54-35(47)37(8,48)11-2/h19-20,23-33,45,48-51H,10-18H2,1-9H3/t19-,20+,23-,24-,25-,26-,27+,28+,29-,30+,31-,32+,33-,36+,37+,38-,39-,40+,41-/m0/s1. The summed E-state index contributed by atoms with van der Waals surface area (Å²) in [6, 6.07) is -0.309. The van der Waals surface area contributed by atoms with E-state index >= 15 is 0 Å². The number of nitrogens with zero attached hydrogens (tertiary/aromatic N) is 1. The molecule has 0 radical (unpaired) electrons. The van der Waals surface area contributed by atoms with Gasteiger partial charge in [0.1, 0.15) is 17.8 Å². The van der Waals surface area contributed by atoms with Crippen molar-refractivity contribution in [3.63, 3.8) is 0 Å². The average Bonchev–Trinajstić information content (AvgIpc) is 3.40. The summed E-state index contributed by atoms with van der Waals surface area (Å²) in [5.41, 5.74) is -8.37. The molecule has 15 nitrogen and oxygen atoms in total. The summed E-state index contributed by atoms with van der Waals surface area (Å²) in [4.78, 5) is 55.6. The molecule has 15 heteroatoms. The number of hydrogen-bond donors (Lipinski definition) is 5. The van der Waals surface area contributed by atoms with Crippen LogP contribution >= 0.6 is 0 Å². The Morgan fingerprint density at radius 2 is 1.55 bits per heavy atom. The van der Waals surface area contributed by atoms with Crippen LogP contribution in [0.25, 0.3) is 0 Å². The third-order valence-electron chi connectivity index (χ3n) is 16.0. The molecule has 3 aliphatic heterocycles. The number of aliphatic hydroxyl groups excluding tert-OH is 1. The maximum atomic E-state index is 13.9. The summed E-state index contributed by atoms with van der Waals surface area (Å²) >= 11 is 0. The Kier molecular flexibility index (Phi) is 10.1. The molecule has 0 aromatic heterocycles. The minimum Gasteiger partial charge on any atom is -0.458 e. The van der Waals surface area contributed by atoms with Crippen LogP contribution < -0.4 is 0 Å². The molecule has 3 saturated heterocycles. The molecule has 0 unspecified atom stereocenters. The van der Waals surface area contributed by atoms with Crippen molar-refractivity contribution in [2.45, 2.75) is 172 Å². The van der Waals surface area contributed by atoms with Crippen molar-refractivity contribution >= 4 is 23.9 Å². The molecule has 7 fully saturated rings. The van der Waals surface area contributed by atoms with Gasteiger partial charge in [-0.1, -0.05) is 34.6 Å². The van der Waals surface area contributed by atoms with Gasteiger partial charge in [0.15, 0.2) is 17.8 Å². The fourth-order valence-electron chi connectivity index (χ4n) is 13.1. The molecule has 5 N–H and O–H groups in total. The summed E-state index contributed by atoms with van der Waals surface area (Å²) in [5, 5.41) is 62.9. The lowest BCUT2D eigenvalue weighted by molar-refractivity contribution is -0.301. The normalized spacial score (nSPS) is 50.5. The van der Waals surface area contributed by atoms with Gasteiger partial charge >= 0.3 is 23.9 Å². The van der Waals surface area contributed by atoms with Gasteiger partial charge in [-0.25, -0.2) is 4.79 Å². The first-order valence-corrected chi connectivity index (χ1v) is 20.7. The molecule has 4 bridgehead atoms. The summed E-state index contributed by atoms with van der Waals surface area (Å²) in [5.74, 6) is -10.8. The van der Waals surface area contributed by atoms with Crippen LogP contribution in [0, 0.1) is 46.8 Å². The topological polar surface area (TPSA) is 219 Å². The van der Waals surface area contributed by atoms with Crippen molar-refractivity contribution < 1.29 is 68.4 Å². The van der Waals surface area contributed by atoms with Crippen molar-refractivity contribution in [3.8, 4) is 0 Å². The molecule has 316 valence electrons. The van der Waals surface area contributed by atoms with Gasteiger partial charge in [0, 0.05) is 44.3 Å². The second-order valence-electron chi connectivity index (χ2n) is 19.2. The van der Waals surface area contributed by atoms with Crippen molar-refractivity contribution in [2.75, 3.05) is 13.1 Å². The maximum Gasteiger partial charge on any atom is 0.338 e. The Morgan fingerprint density at radius 3 is 2.14 bits per heavy atom.